The molecule has 3 heteroatoms. The lowest BCUT2D eigenvalue weighted by Gasteiger charge is -2.12. The Morgan fingerprint density at radius 3 is 2.63 bits per heavy atom. The third-order valence-electron chi connectivity index (χ3n) is 3.07. The van der Waals surface area contributed by atoms with Crippen molar-refractivity contribution >= 4 is 5.69 Å². The van der Waals surface area contributed by atoms with Gasteiger partial charge in [0.2, 0.25) is 0 Å². The van der Waals surface area contributed by atoms with Gasteiger partial charge in [0.15, 0.2) is 0 Å². The summed E-state index contributed by atoms with van der Waals surface area (Å²) < 4.78 is 0. The molecule has 0 spiro atoms. The van der Waals surface area contributed by atoms with Gasteiger partial charge >= 0.3 is 0 Å². The minimum Gasteiger partial charge on any atom is -0.394 e. The van der Waals surface area contributed by atoms with Crippen molar-refractivity contribution in [2.24, 2.45) is 0 Å². The number of hydrogen-bond donors (Lipinski definition) is 3. The van der Waals surface area contributed by atoms with E-state index < -0.39 is 6.10 Å². The highest BCUT2D eigenvalue weighted by molar-refractivity contribution is 5.70. The van der Waals surface area contributed by atoms with E-state index in [-0.39, 0.29) is 6.61 Å². The molecule has 0 aromatic heterocycles. The fraction of sp³-hybridized carbons (Fsp3) is 0.250. The van der Waals surface area contributed by atoms with Crippen molar-refractivity contribution in [1.82, 2.24) is 0 Å². The van der Waals surface area contributed by atoms with Crippen LogP contribution < -0.4 is 5.32 Å². The van der Waals surface area contributed by atoms with Crippen LogP contribution in [0.5, 0.6) is 0 Å². The Bertz CT molecular complexity index is 540. The van der Waals surface area contributed by atoms with Crippen molar-refractivity contribution in [3.63, 3.8) is 0 Å². The van der Waals surface area contributed by atoms with E-state index >= 15 is 0 Å². The van der Waals surface area contributed by atoms with Crippen LogP contribution in [0.2, 0.25) is 0 Å². The molecule has 2 aromatic carbocycles. The second kappa shape index (κ2) is 6.36. The minimum absolute atomic E-state index is 0.232. The van der Waals surface area contributed by atoms with Gasteiger partial charge < -0.3 is 15.5 Å². The molecule has 2 rings (SSSR count). The number of hydrogen-bond acceptors (Lipinski definition) is 3. The van der Waals surface area contributed by atoms with Crippen molar-refractivity contribution < 1.29 is 10.2 Å². The molecule has 0 aliphatic rings. The molecule has 19 heavy (non-hydrogen) atoms. The lowest BCUT2D eigenvalue weighted by atomic mass is 10.0. The summed E-state index contributed by atoms with van der Waals surface area (Å²) in [5.74, 6) is 0. The van der Waals surface area contributed by atoms with E-state index in [4.69, 9.17) is 5.11 Å². The SMILES string of the molecule is Cc1ccccc1-c1cccc(NCC(O)CO)c1. The molecular weight excluding hydrogens is 238 g/mol. The summed E-state index contributed by atoms with van der Waals surface area (Å²) in [6, 6.07) is 16.3. The molecule has 3 nitrogen and oxygen atoms in total. The summed E-state index contributed by atoms with van der Waals surface area (Å²) >= 11 is 0. The summed E-state index contributed by atoms with van der Waals surface area (Å²) in [5.41, 5.74) is 4.51. The second-order valence-electron chi connectivity index (χ2n) is 4.61. The normalized spacial score (nSPS) is 12.2. The number of aliphatic hydroxyl groups excluding tert-OH is 2. The van der Waals surface area contributed by atoms with Crippen LogP contribution in [-0.4, -0.2) is 29.5 Å². The zero-order chi connectivity index (χ0) is 13.7. The quantitative estimate of drug-likeness (QED) is 0.771. The molecule has 0 fully saturated rings. The molecule has 0 heterocycles. The topological polar surface area (TPSA) is 52.5 Å². The highest BCUT2D eigenvalue weighted by atomic mass is 16.3. The summed E-state index contributed by atoms with van der Waals surface area (Å²) in [6.45, 7) is 2.20. The van der Waals surface area contributed by atoms with E-state index in [2.05, 4.69) is 30.4 Å². The molecule has 2 aromatic rings. The van der Waals surface area contributed by atoms with Crippen molar-refractivity contribution in [2.75, 3.05) is 18.5 Å². The van der Waals surface area contributed by atoms with Crippen molar-refractivity contribution in [3.05, 3.63) is 54.1 Å². The van der Waals surface area contributed by atoms with Crippen LogP contribution in [0.25, 0.3) is 11.1 Å². The van der Waals surface area contributed by atoms with E-state index in [0.29, 0.717) is 6.54 Å². The number of aliphatic hydroxyl groups is 2. The van der Waals surface area contributed by atoms with Gasteiger partial charge in [0, 0.05) is 12.2 Å². The molecule has 0 bridgehead atoms. The van der Waals surface area contributed by atoms with Gasteiger partial charge in [-0.05, 0) is 35.7 Å². The van der Waals surface area contributed by atoms with Crippen molar-refractivity contribution in [1.29, 1.82) is 0 Å². The van der Waals surface area contributed by atoms with Gasteiger partial charge in [0.1, 0.15) is 0 Å². The van der Waals surface area contributed by atoms with Gasteiger partial charge in [-0.3, -0.25) is 0 Å². The van der Waals surface area contributed by atoms with Gasteiger partial charge in [0.25, 0.3) is 0 Å². The Kier molecular flexibility index (Phi) is 4.55. The van der Waals surface area contributed by atoms with Crippen LogP contribution in [0, 0.1) is 6.92 Å². The van der Waals surface area contributed by atoms with E-state index in [1.165, 1.54) is 11.1 Å². The summed E-state index contributed by atoms with van der Waals surface area (Å²) in [6.07, 6.45) is -0.734. The first-order chi connectivity index (χ1) is 9.20. The maximum Gasteiger partial charge on any atom is 0.0942 e. The third kappa shape index (κ3) is 3.56. The van der Waals surface area contributed by atoms with Gasteiger partial charge in [-0.25, -0.2) is 0 Å². The predicted octanol–water partition coefficient (Wildman–Crippen LogP) is 2.43. The average Bonchev–Trinajstić information content (AvgIpc) is 2.45. The maximum absolute atomic E-state index is 9.34. The summed E-state index contributed by atoms with van der Waals surface area (Å²) in [4.78, 5) is 0. The van der Waals surface area contributed by atoms with Crippen molar-refractivity contribution in [2.45, 2.75) is 13.0 Å². The number of rotatable bonds is 5. The first kappa shape index (κ1) is 13.6. The molecular formula is C16H19NO2. The number of nitrogens with one attached hydrogen (secondary N) is 1. The van der Waals surface area contributed by atoms with E-state index in [0.717, 1.165) is 11.3 Å². The maximum atomic E-state index is 9.34. The Balaban J connectivity index is 2.18. The molecule has 100 valence electrons. The van der Waals surface area contributed by atoms with Crippen LogP contribution in [0.1, 0.15) is 5.56 Å². The zero-order valence-corrected chi connectivity index (χ0v) is 11.0. The molecule has 3 N–H and O–H groups in total. The molecule has 0 radical (unpaired) electrons. The van der Waals surface area contributed by atoms with Crippen LogP contribution in [0.15, 0.2) is 48.5 Å². The molecule has 1 atom stereocenters. The second-order valence-corrected chi connectivity index (χ2v) is 4.61. The van der Waals surface area contributed by atoms with Gasteiger partial charge in [-0.15, -0.1) is 0 Å². The van der Waals surface area contributed by atoms with Crippen LogP contribution in [0.4, 0.5) is 5.69 Å². The number of benzene rings is 2. The molecule has 0 amide bonds. The third-order valence-corrected chi connectivity index (χ3v) is 3.07. The Hall–Kier alpha value is -1.84. The average molecular weight is 257 g/mol. The lowest BCUT2D eigenvalue weighted by molar-refractivity contribution is 0.105. The molecule has 0 aliphatic heterocycles. The highest BCUT2D eigenvalue weighted by Gasteiger charge is 2.04. The lowest BCUT2D eigenvalue weighted by Crippen LogP contribution is -2.22. The van der Waals surface area contributed by atoms with E-state index in [9.17, 15) is 5.11 Å². The molecule has 0 saturated heterocycles. The summed E-state index contributed by atoms with van der Waals surface area (Å²) in [7, 11) is 0. The molecule has 0 saturated carbocycles. The van der Waals surface area contributed by atoms with Crippen LogP contribution >= 0.6 is 0 Å². The zero-order valence-electron chi connectivity index (χ0n) is 11.0. The Labute approximate surface area is 113 Å². The standard InChI is InChI=1S/C16H19NO2/c1-12-5-2-3-8-16(12)13-6-4-7-14(9-13)17-10-15(19)11-18/h2-9,15,17-19H,10-11H2,1H3. The summed E-state index contributed by atoms with van der Waals surface area (Å²) in [5, 5.41) is 21.2. The van der Waals surface area contributed by atoms with E-state index in [1.807, 2.05) is 30.3 Å². The van der Waals surface area contributed by atoms with E-state index in [1.54, 1.807) is 0 Å². The highest BCUT2D eigenvalue weighted by Crippen LogP contribution is 2.25. The fourth-order valence-electron chi connectivity index (χ4n) is 1.99. The first-order valence-corrected chi connectivity index (χ1v) is 6.39. The minimum atomic E-state index is -0.734. The van der Waals surface area contributed by atoms with Crippen LogP contribution in [-0.2, 0) is 0 Å². The molecule has 0 aliphatic carbocycles. The smallest absolute Gasteiger partial charge is 0.0942 e. The number of aryl methyl sites for hydroxylation is 1. The first-order valence-electron chi connectivity index (χ1n) is 6.39. The fourth-order valence-corrected chi connectivity index (χ4v) is 1.99. The number of anilines is 1. The Morgan fingerprint density at radius 2 is 1.89 bits per heavy atom. The van der Waals surface area contributed by atoms with Crippen molar-refractivity contribution in [3.8, 4) is 11.1 Å². The van der Waals surface area contributed by atoms with Gasteiger partial charge in [-0.2, -0.15) is 0 Å². The van der Waals surface area contributed by atoms with Crippen LogP contribution in [0.3, 0.4) is 0 Å². The predicted molar refractivity (Wildman–Crippen MR) is 78.2 cm³/mol. The Morgan fingerprint density at radius 1 is 1.11 bits per heavy atom. The van der Waals surface area contributed by atoms with Gasteiger partial charge in [-0.1, -0.05) is 36.4 Å². The molecule has 1 unspecified atom stereocenters. The largest absolute Gasteiger partial charge is 0.394 e. The van der Waals surface area contributed by atoms with Gasteiger partial charge in [0.05, 0.1) is 12.7 Å². The monoisotopic (exact) mass is 257 g/mol.